The van der Waals surface area contributed by atoms with E-state index >= 15 is 0 Å². The van der Waals surface area contributed by atoms with Gasteiger partial charge in [0.1, 0.15) is 11.2 Å². The average molecular weight is 597 g/mol. The van der Waals surface area contributed by atoms with Crippen molar-refractivity contribution in [3.8, 4) is 0 Å². The topological polar surface area (TPSA) is 92.8 Å². The minimum absolute atomic E-state index is 0.469. The van der Waals surface area contributed by atoms with Crippen LogP contribution in [-0.2, 0) is 19.1 Å². The second kappa shape index (κ2) is 15.4. The molecule has 4 aliphatic heterocycles. The van der Waals surface area contributed by atoms with Gasteiger partial charge in [0.2, 0.25) is 0 Å². The first kappa shape index (κ1) is 34.9. The van der Waals surface area contributed by atoms with E-state index in [-0.39, 0.29) is 0 Å². The molecule has 4 aliphatic rings. The molecule has 42 heavy (non-hydrogen) atoms. The molecule has 10 heteroatoms. The fraction of sp³-hybridized carbons (Fsp3) is 0.938. The largest absolute Gasteiger partial charge is 0.528 e. The lowest BCUT2D eigenvalue weighted by Crippen LogP contribution is -2.47. The van der Waals surface area contributed by atoms with Gasteiger partial charge in [-0.2, -0.15) is 0 Å². The monoisotopic (exact) mass is 596 g/mol. The van der Waals surface area contributed by atoms with Gasteiger partial charge in [0.15, 0.2) is 0 Å². The number of likely N-dealkylation sites (tertiary alicyclic amines) is 1. The predicted molar refractivity (Wildman–Crippen MR) is 164 cm³/mol. The Kier molecular flexibility index (Phi) is 12.8. The van der Waals surface area contributed by atoms with Gasteiger partial charge in [-0.3, -0.25) is 0 Å². The Hall–Kier alpha value is -1.62. The summed E-state index contributed by atoms with van der Waals surface area (Å²) in [7, 11) is 0. The van der Waals surface area contributed by atoms with Crippen LogP contribution in [0.25, 0.3) is 0 Å². The Bertz CT molecular complexity index is 821. The Labute approximate surface area is 255 Å². The number of rotatable bonds is 5. The van der Waals surface area contributed by atoms with Crippen molar-refractivity contribution in [2.24, 2.45) is 10.8 Å². The second-order valence-corrected chi connectivity index (χ2v) is 14.9. The van der Waals surface area contributed by atoms with Crippen molar-refractivity contribution in [3.05, 3.63) is 0 Å². The van der Waals surface area contributed by atoms with E-state index in [4.69, 9.17) is 19.1 Å². The molecule has 0 bridgehead atoms. The zero-order valence-corrected chi connectivity index (χ0v) is 27.7. The fourth-order valence-corrected chi connectivity index (χ4v) is 6.44. The lowest BCUT2D eigenvalue weighted by Gasteiger charge is -2.46. The number of nitrogens with one attached hydrogen (secondary N) is 1. The van der Waals surface area contributed by atoms with Crippen molar-refractivity contribution in [2.45, 2.75) is 124 Å². The van der Waals surface area contributed by atoms with Crippen LogP contribution in [0, 0.1) is 10.8 Å². The number of nitrogens with zero attached hydrogens (tertiary/aromatic N) is 3. The summed E-state index contributed by atoms with van der Waals surface area (Å²) in [5, 5.41) is 6.94. The highest BCUT2D eigenvalue weighted by Gasteiger charge is 2.39. The highest BCUT2D eigenvalue weighted by molar-refractivity contribution is 5.60. The highest BCUT2D eigenvalue weighted by Crippen LogP contribution is 2.41. The Morgan fingerprint density at radius 3 is 1.40 bits per heavy atom. The predicted octanol–water partition coefficient (Wildman–Crippen LogP) is 6.15. The van der Waals surface area contributed by atoms with E-state index in [9.17, 15) is 9.59 Å². The van der Waals surface area contributed by atoms with Crippen LogP contribution in [0.2, 0.25) is 0 Å². The van der Waals surface area contributed by atoms with Crippen LogP contribution >= 0.6 is 0 Å². The summed E-state index contributed by atoms with van der Waals surface area (Å²) >= 11 is 0. The number of unbranched alkanes of at least 4 members (excludes halogenated alkanes) is 1. The Morgan fingerprint density at radius 1 is 0.643 bits per heavy atom. The molecule has 2 spiro atoms. The summed E-state index contributed by atoms with van der Waals surface area (Å²) in [4.78, 5) is 36.5. The van der Waals surface area contributed by atoms with Crippen LogP contribution in [0.5, 0.6) is 0 Å². The number of hydrogen-bond acceptors (Lipinski definition) is 10. The van der Waals surface area contributed by atoms with E-state index in [1.807, 2.05) is 41.5 Å². The second-order valence-electron chi connectivity index (χ2n) is 14.9. The summed E-state index contributed by atoms with van der Waals surface area (Å²) in [6.45, 7) is 22.6. The first-order valence-corrected chi connectivity index (χ1v) is 16.5. The number of carbonyl (C=O) groups is 2. The molecule has 4 saturated heterocycles. The molecule has 0 atom stereocenters. The van der Waals surface area contributed by atoms with Crippen molar-refractivity contribution in [2.75, 3.05) is 58.9 Å². The molecule has 1 N–H and O–H groups in total. The van der Waals surface area contributed by atoms with Crippen LogP contribution in [0.4, 0.5) is 9.59 Å². The summed E-state index contributed by atoms with van der Waals surface area (Å²) in [5.74, 6) is 0. The van der Waals surface area contributed by atoms with Gasteiger partial charge in [-0.25, -0.2) is 9.59 Å². The number of hydroxylamine groups is 4. The van der Waals surface area contributed by atoms with Crippen LogP contribution in [0.1, 0.15) is 113 Å². The van der Waals surface area contributed by atoms with Crippen LogP contribution < -0.4 is 5.32 Å². The summed E-state index contributed by atoms with van der Waals surface area (Å²) < 4.78 is 10.4. The Balaban J connectivity index is 0.000000235. The zero-order valence-electron chi connectivity index (χ0n) is 27.7. The molecule has 4 fully saturated rings. The molecule has 0 aliphatic carbocycles. The number of ether oxygens (including phenoxy) is 2. The number of hydrogen-bond donors (Lipinski definition) is 1. The molecule has 0 aromatic carbocycles. The zero-order chi connectivity index (χ0) is 30.9. The first-order valence-electron chi connectivity index (χ1n) is 16.5. The molecule has 10 nitrogen and oxygen atoms in total. The van der Waals surface area contributed by atoms with Gasteiger partial charge in [0.05, 0.1) is 0 Å². The van der Waals surface area contributed by atoms with Crippen LogP contribution in [-0.4, -0.2) is 97.4 Å². The smallest absolute Gasteiger partial charge is 0.427 e. The van der Waals surface area contributed by atoms with Crippen molar-refractivity contribution in [1.82, 2.24) is 20.3 Å². The molecule has 0 amide bonds. The molecule has 0 radical (unpaired) electrons. The number of carbonyl (C=O) groups excluding carboxylic acids is 2. The molecular weight excluding hydrogens is 536 g/mol. The van der Waals surface area contributed by atoms with Gasteiger partial charge in [-0.1, -0.05) is 13.3 Å². The minimum atomic E-state index is -0.589. The van der Waals surface area contributed by atoms with Gasteiger partial charge in [0, 0.05) is 26.2 Å². The van der Waals surface area contributed by atoms with E-state index in [1.54, 1.807) is 10.1 Å². The third kappa shape index (κ3) is 12.2. The highest BCUT2D eigenvalue weighted by atomic mass is 16.8. The van der Waals surface area contributed by atoms with Crippen molar-refractivity contribution >= 4 is 12.3 Å². The molecule has 244 valence electrons. The van der Waals surface area contributed by atoms with Crippen LogP contribution in [0.3, 0.4) is 0 Å². The maximum Gasteiger partial charge on any atom is 0.528 e. The molecular formula is C32H60N4O6. The third-order valence-corrected chi connectivity index (χ3v) is 9.16. The van der Waals surface area contributed by atoms with E-state index < -0.39 is 23.5 Å². The summed E-state index contributed by atoms with van der Waals surface area (Å²) in [6, 6.07) is 0. The molecule has 4 rings (SSSR count). The first-order chi connectivity index (χ1) is 19.7. The fourth-order valence-electron chi connectivity index (χ4n) is 6.44. The number of piperidine rings is 4. The van der Waals surface area contributed by atoms with Crippen LogP contribution in [0.15, 0.2) is 0 Å². The van der Waals surface area contributed by atoms with Crippen molar-refractivity contribution in [1.29, 1.82) is 0 Å². The molecule has 4 heterocycles. The van der Waals surface area contributed by atoms with E-state index in [2.05, 4.69) is 17.1 Å². The van der Waals surface area contributed by atoms with Gasteiger partial charge in [-0.15, -0.1) is 10.1 Å². The van der Waals surface area contributed by atoms with Gasteiger partial charge >= 0.3 is 12.3 Å². The lowest BCUT2D eigenvalue weighted by molar-refractivity contribution is -0.167. The van der Waals surface area contributed by atoms with Gasteiger partial charge in [0.25, 0.3) is 0 Å². The Morgan fingerprint density at radius 2 is 1.02 bits per heavy atom. The van der Waals surface area contributed by atoms with Crippen molar-refractivity contribution < 1.29 is 28.7 Å². The quantitative estimate of drug-likeness (QED) is 0.373. The lowest BCUT2D eigenvalue weighted by atomic mass is 9.71. The van der Waals surface area contributed by atoms with E-state index in [1.165, 1.54) is 58.2 Å². The maximum atomic E-state index is 11.7. The average Bonchev–Trinajstić information content (AvgIpc) is 2.90. The van der Waals surface area contributed by atoms with E-state index in [0.29, 0.717) is 10.8 Å². The van der Waals surface area contributed by atoms with E-state index in [0.717, 1.165) is 65.0 Å². The van der Waals surface area contributed by atoms with Crippen molar-refractivity contribution in [3.63, 3.8) is 0 Å². The minimum Gasteiger partial charge on any atom is -0.427 e. The molecule has 0 saturated carbocycles. The molecule has 0 aromatic rings. The SMILES string of the molecule is CC(C)(C)OC(=O)ON1CCC2(CCNCC2)CC1.CCCCN1CCC2(CC1)CCN(OC(=O)OC(C)(C)C)CC2. The van der Waals surface area contributed by atoms with Gasteiger partial charge in [-0.05, 0) is 143 Å². The third-order valence-electron chi connectivity index (χ3n) is 9.16. The molecule has 0 unspecified atom stereocenters. The van der Waals surface area contributed by atoms with Gasteiger partial charge < -0.3 is 29.4 Å². The normalized spacial score (nSPS) is 23.5. The maximum absolute atomic E-state index is 11.7. The molecule has 0 aromatic heterocycles. The standard InChI is InChI=1S/C18H34N2O3.C14H26N2O3/c1-5-6-11-19-12-7-18(8-13-19)9-14-20(15-10-18)23-16(21)22-17(2,3)4;1-13(2,3)18-12(17)19-16-10-6-14(7-11-16)4-8-15-9-5-14/h5-15H2,1-4H3;15H,4-11H2,1-3H3. The summed E-state index contributed by atoms with van der Waals surface area (Å²) in [6.07, 6.45) is 10.9. The summed E-state index contributed by atoms with van der Waals surface area (Å²) in [5.41, 5.74) is -0.0574.